The highest BCUT2D eigenvalue weighted by atomic mass is 32.2. The van der Waals surface area contributed by atoms with Crippen molar-refractivity contribution in [1.29, 1.82) is 0 Å². The Morgan fingerprint density at radius 1 is 1.33 bits per heavy atom. The Balaban J connectivity index is 1.40. The van der Waals surface area contributed by atoms with Crippen LogP contribution in [0.5, 0.6) is 0 Å². The minimum Gasteiger partial charge on any atom is -0.351 e. The maximum atomic E-state index is 13.2. The molecule has 1 saturated heterocycles. The zero-order valence-electron chi connectivity index (χ0n) is 16.6. The van der Waals surface area contributed by atoms with Crippen molar-refractivity contribution in [2.24, 2.45) is 5.92 Å². The van der Waals surface area contributed by atoms with Gasteiger partial charge in [-0.25, -0.2) is 8.42 Å². The van der Waals surface area contributed by atoms with E-state index in [4.69, 9.17) is 4.52 Å². The van der Waals surface area contributed by atoms with Crippen molar-refractivity contribution in [2.75, 3.05) is 13.1 Å². The third-order valence-corrected chi connectivity index (χ3v) is 9.16. The first kappa shape index (κ1) is 21.2. The van der Waals surface area contributed by atoms with Crippen molar-refractivity contribution in [3.8, 4) is 10.7 Å². The van der Waals surface area contributed by atoms with Gasteiger partial charge in [-0.1, -0.05) is 11.2 Å². The number of sulfonamides is 1. The van der Waals surface area contributed by atoms with Gasteiger partial charge < -0.3 is 9.84 Å². The molecule has 0 unspecified atom stereocenters. The fourth-order valence-electron chi connectivity index (χ4n) is 3.46. The Labute approximate surface area is 183 Å². The lowest BCUT2D eigenvalue weighted by Gasteiger charge is -2.30. The molecule has 0 radical (unpaired) electrons. The average molecular weight is 467 g/mol. The molecular weight excluding hydrogens is 444 g/mol. The normalized spacial score (nSPS) is 16.1. The van der Waals surface area contributed by atoms with Crippen molar-refractivity contribution in [3.05, 3.63) is 39.2 Å². The first-order valence-electron chi connectivity index (χ1n) is 9.56. The van der Waals surface area contributed by atoms with Crippen LogP contribution in [-0.4, -0.2) is 41.9 Å². The van der Waals surface area contributed by atoms with Gasteiger partial charge in [-0.05, 0) is 37.3 Å². The lowest BCUT2D eigenvalue weighted by Crippen LogP contribution is -2.42. The molecule has 1 amide bonds. The second kappa shape index (κ2) is 8.58. The van der Waals surface area contributed by atoms with Gasteiger partial charge in [-0.15, -0.1) is 22.7 Å². The SMILES string of the molecule is Cc1nc(-c2cc(S(=O)(=O)N3CCC(C(=O)NCc4cccs4)CC3)c(C)s2)no1. The summed E-state index contributed by atoms with van der Waals surface area (Å²) in [5.74, 6) is 0.642. The molecule has 8 nitrogen and oxygen atoms in total. The van der Waals surface area contributed by atoms with E-state index in [0.29, 0.717) is 53.9 Å². The van der Waals surface area contributed by atoms with Gasteiger partial charge in [-0.2, -0.15) is 9.29 Å². The van der Waals surface area contributed by atoms with Gasteiger partial charge in [0.1, 0.15) is 0 Å². The van der Waals surface area contributed by atoms with E-state index in [2.05, 4.69) is 15.5 Å². The molecular formula is C19H22N4O4S3. The molecule has 1 aliphatic rings. The van der Waals surface area contributed by atoms with Crippen LogP contribution in [0.1, 0.15) is 28.5 Å². The van der Waals surface area contributed by atoms with Gasteiger partial charge in [0.15, 0.2) is 0 Å². The van der Waals surface area contributed by atoms with E-state index in [9.17, 15) is 13.2 Å². The monoisotopic (exact) mass is 466 g/mol. The van der Waals surface area contributed by atoms with Gasteiger partial charge >= 0.3 is 0 Å². The van der Waals surface area contributed by atoms with Gasteiger partial charge in [0.25, 0.3) is 0 Å². The zero-order valence-corrected chi connectivity index (χ0v) is 19.1. The van der Waals surface area contributed by atoms with Crippen molar-refractivity contribution >= 4 is 38.6 Å². The molecule has 4 heterocycles. The van der Waals surface area contributed by atoms with Crippen LogP contribution < -0.4 is 5.32 Å². The number of hydrogen-bond acceptors (Lipinski definition) is 8. The van der Waals surface area contributed by atoms with E-state index in [0.717, 1.165) is 4.88 Å². The Hall–Kier alpha value is -2.08. The van der Waals surface area contributed by atoms with Crippen LogP contribution in [-0.2, 0) is 21.4 Å². The van der Waals surface area contributed by atoms with Crippen LogP contribution in [0.15, 0.2) is 33.0 Å². The fourth-order valence-corrected chi connectivity index (χ4v) is 7.06. The quantitative estimate of drug-likeness (QED) is 0.598. The summed E-state index contributed by atoms with van der Waals surface area (Å²) in [6.45, 7) is 4.63. The number of hydrogen-bond donors (Lipinski definition) is 1. The van der Waals surface area contributed by atoms with E-state index in [1.54, 1.807) is 31.3 Å². The van der Waals surface area contributed by atoms with Gasteiger partial charge in [0.2, 0.25) is 27.6 Å². The molecule has 0 atom stereocenters. The van der Waals surface area contributed by atoms with Crippen LogP contribution in [0.25, 0.3) is 10.7 Å². The molecule has 0 saturated carbocycles. The average Bonchev–Trinajstić information content (AvgIpc) is 3.47. The molecule has 0 aliphatic carbocycles. The number of rotatable bonds is 6. The topological polar surface area (TPSA) is 105 Å². The fraction of sp³-hybridized carbons (Fsp3) is 0.421. The molecule has 0 bridgehead atoms. The molecule has 1 fully saturated rings. The summed E-state index contributed by atoms with van der Waals surface area (Å²) in [6, 6.07) is 5.54. The molecule has 30 heavy (non-hydrogen) atoms. The summed E-state index contributed by atoms with van der Waals surface area (Å²) in [6.07, 6.45) is 1.02. The third-order valence-electron chi connectivity index (χ3n) is 5.08. The molecule has 1 aliphatic heterocycles. The van der Waals surface area contributed by atoms with Crippen LogP contribution >= 0.6 is 22.7 Å². The molecule has 3 aromatic heterocycles. The van der Waals surface area contributed by atoms with E-state index in [1.165, 1.54) is 15.6 Å². The van der Waals surface area contributed by atoms with E-state index >= 15 is 0 Å². The molecule has 11 heteroatoms. The smallest absolute Gasteiger partial charge is 0.244 e. The highest BCUT2D eigenvalue weighted by Gasteiger charge is 2.34. The molecule has 160 valence electrons. The van der Waals surface area contributed by atoms with E-state index in [1.807, 2.05) is 17.5 Å². The lowest BCUT2D eigenvalue weighted by atomic mass is 9.97. The summed E-state index contributed by atoms with van der Waals surface area (Å²) in [5, 5.41) is 8.80. The number of aryl methyl sites for hydroxylation is 2. The number of thiophene rings is 2. The standard InChI is InChI=1S/C19H22N4O4S3/c1-12-17(10-16(29-12)18-21-13(2)27-22-18)30(25,26)23-7-5-14(6-8-23)19(24)20-11-15-4-3-9-28-15/h3-4,9-10,14H,5-8,11H2,1-2H3,(H,20,24). The first-order valence-corrected chi connectivity index (χ1v) is 12.7. The summed E-state index contributed by atoms with van der Waals surface area (Å²) in [7, 11) is -3.64. The van der Waals surface area contributed by atoms with E-state index < -0.39 is 10.0 Å². The number of amides is 1. The van der Waals surface area contributed by atoms with Crippen molar-refractivity contribution in [2.45, 2.75) is 38.1 Å². The number of carbonyl (C=O) groups excluding carboxylic acids is 1. The Morgan fingerprint density at radius 2 is 2.10 bits per heavy atom. The zero-order chi connectivity index (χ0) is 21.3. The number of piperidine rings is 1. The Morgan fingerprint density at radius 3 is 2.73 bits per heavy atom. The second-order valence-electron chi connectivity index (χ2n) is 7.14. The van der Waals surface area contributed by atoms with Gasteiger partial charge in [0, 0.05) is 35.7 Å². The predicted octanol–water partition coefficient (Wildman–Crippen LogP) is 3.19. The predicted molar refractivity (Wildman–Crippen MR) is 115 cm³/mol. The van der Waals surface area contributed by atoms with Gasteiger partial charge in [-0.3, -0.25) is 4.79 Å². The third kappa shape index (κ3) is 4.34. The minimum absolute atomic E-state index is 0.0121. The van der Waals surface area contributed by atoms with Gasteiger partial charge in [0.05, 0.1) is 16.3 Å². The molecule has 4 rings (SSSR count). The number of nitrogens with zero attached hydrogens (tertiary/aromatic N) is 3. The number of aromatic nitrogens is 2. The summed E-state index contributed by atoms with van der Waals surface area (Å²) in [5.41, 5.74) is 0. The van der Waals surface area contributed by atoms with Crippen LogP contribution in [0.2, 0.25) is 0 Å². The van der Waals surface area contributed by atoms with Crippen LogP contribution in [0, 0.1) is 19.8 Å². The summed E-state index contributed by atoms with van der Waals surface area (Å²) < 4.78 is 32.8. The maximum Gasteiger partial charge on any atom is 0.244 e. The van der Waals surface area contributed by atoms with Crippen LogP contribution in [0.4, 0.5) is 0 Å². The summed E-state index contributed by atoms with van der Waals surface area (Å²) in [4.78, 5) is 19.3. The minimum atomic E-state index is -3.64. The summed E-state index contributed by atoms with van der Waals surface area (Å²) >= 11 is 2.93. The van der Waals surface area contributed by atoms with Crippen LogP contribution in [0.3, 0.4) is 0 Å². The highest BCUT2D eigenvalue weighted by molar-refractivity contribution is 7.89. The van der Waals surface area contributed by atoms with Crippen molar-refractivity contribution in [3.63, 3.8) is 0 Å². The molecule has 0 spiro atoms. The number of nitrogens with one attached hydrogen (secondary N) is 1. The van der Waals surface area contributed by atoms with E-state index in [-0.39, 0.29) is 16.7 Å². The number of carbonyl (C=O) groups is 1. The van der Waals surface area contributed by atoms with Crippen molar-refractivity contribution < 1.29 is 17.7 Å². The largest absolute Gasteiger partial charge is 0.351 e. The molecule has 3 aromatic rings. The Kier molecular flexibility index (Phi) is 6.05. The lowest BCUT2D eigenvalue weighted by molar-refractivity contribution is -0.126. The first-order chi connectivity index (χ1) is 14.3. The van der Waals surface area contributed by atoms with Crippen molar-refractivity contribution in [1.82, 2.24) is 19.8 Å². The molecule has 0 aromatic carbocycles. The molecule has 1 N–H and O–H groups in total. The Bertz CT molecular complexity index is 1130. The highest BCUT2D eigenvalue weighted by Crippen LogP contribution is 2.34. The maximum absolute atomic E-state index is 13.2. The second-order valence-corrected chi connectivity index (χ2v) is 11.3.